The van der Waals surface area contributed by atoms with Gasteiger partial charge in [0.25, 0.3) is 5.91 Å². The van der Waals surface area contributed by atoms with Gasteiger partial charge in [0.15, 0.2) is 5.65 Å². The zero-order valence-electron chi connectivity index (χ0n) is 14.8. The fraction of sp³-hybridized carbons (Fsp3) is 0.158. The van der Waals surface area contributed by atoms with Crippen LogP contribution in [0.2, 0.25) is 0 Å². The number of aryl methyl sites for hydroxylation is 2. The lowest BCUT2D eigenvalue weighted by Gasteiger charge is -2.03. The first-order valence-corrected chi connectivity index (χ1v) is 8.40. The Labute approximate surface area is 154 Å². The predicted octanol–water partition coefficient (Wildman–Crippen LogP) is 2.98. The number of nitrogens with zero attached hydrogens (tertiary/aromatic N) is 5. The molecule has 0 aliphatic carbocycles. The van der Waals surface area contributed by atoms with Gasteiger partial charge < -0.3 is 5.32 Å². The van der Waals surface area contributed by atoms with Crippen LogP contribution in [-0.2, 0) is 6.54 Å². The number of nitrogens with one attached hydrogen (secondary N) is 1. The highest BCUT2D eigenvalue weighted by molar-refractivity contribution is 6.08. The summed E-state index contributed by atoms with van der Waals surface area (Å²) in [5, 5.41) is 11.2. The summed E-state index contributed by atoms with van der Waals surface area (Å²) >= 11 is 0. The second-order valence-corrected chi connectivity index (χ2v) is 6.34. The highest BCUT2D eigenvalue weighted by Crippen LogP contribution is 2.15. The minimum Gasteiger partial charge on any atom is -0.319 e. The molecule has 27 heavy (non-hydrogen) atoms. The van der Waals surface area contributed by atoms with Crippen LogP contribution in [0.5, 0.6) is 0 Å². The molecule has 4 rings (SSSR count). The molecular weight excluding hydrogens is 347 g/mol. The number of benzene rings is 1. The van der Waals surface area contributed by atoms with E-state index in [9.17, 15) is 9.18 Å². The Balaban J connectivity index is 1.53. The van der Waals surface area contributed by atoms with Crippen molar-refractivity contribution in [3.8, 4) is 0 Å². The minimum absolute atomic E-state index is 0.292. The van der Waals surface area contributed by atoms with Crippen LogP contribution < -0.4 is 5.32 Å². The largest absolute Gasteiger partial charge is 0.319 e. The molecule has 4 aromatic rings. The van der Waals surface area contributed by atoms with Gasteiger partial charge in [-0.05, 0) is 37.6 Å². The van der Waals surface area contributed by atoms with Crippen molar-refractivity contribution < 1.29 is 9.18 Å². The second kappa shape index (κ2) is 6.64. The third-order valence-electron chi connectivity index (χ3n) is 4.15. The Bertz CT molecular complexity index is 1150. The number of carbonyl (C=O) groups excluding carboxylic acids is 1. The summed E-state index contributed by atoms with van der Waals surface area (Å²) in [7, 11) is 0. The summed E-state index contributed by atoms with van der Waals surface area (Å²) in [5.41, 5.74) is 3.95. The lowest BCUT2D eigenvalue weighted by Crippen LogP contribution is -2.12. The minimum atomic E-state index is -0.312. The molecule has 0 saturated heterocycles. The number of amides is 1. The summed E-state index contributed by atoms with van der Waals surface area (Å²) in [5.74, 6) is -0.604. The summed E-state index contributed by atoms with van der Waals surface area (Å²) in [6.07, 6.45) is 4.74. The molecule has 136 valence electrons. The number of halogens is 1. The van der Waals surface area contributed by atoms with Gasteiger partial charge in [0.1, 0.15) is 11.4 Å². The van der Waals surface area contributed by atoms with Crippen LogP contribution in [0, 0.1) is 19.7 Å². The van der Waals surface area contributed by atoms with Gasteiger partial charge in [0.2, 0.25) is 0 Å². The second-order valence-electron chi connectivity index (χ2n) is 6.34. The van der Waals surface area contributed by atoms with Crippen molar-refractivity contribution in [2.24, 2.45) is 0 Å². The molecule has 0 bridgehead atoms. The van der Waals surface area contributed by atoms with E-state index in [1.807, 2.05) is 26.0 Å². The molecule has 0 unspecified atom stereocenters. The Hall–Kier alpha value is -3.55. The van der Waals surface area contributed by atoms with Crippen LogP contribution >= 0.6 is 0 Å². The highest BCUT2D eigenvalue weighted by atomic mass is 19.1. The number of fused-ring (bicyclic) bond motifs is 1. The van der Waals surface area contributed by atoms with Gasteiger partial charge in [0, 0.05) is 17.6 Å². The van der Waals surface area contributed by atoms with Crippen molar-refractivity contribution >= 4 is 17.2 Å². The summed E-state index contributed by atoms with van der Waals surface area (Å²) in [6.45, 7) is 4.19. The van der Waals surface area contributed by atoms with Crippen LogP contribution in [0.4, 0.5) is 10.1 Å². The molecule has 0 aliphatic rings. The fourth-order valence-electron chi connectivity index (χ4n) is 2.97. The molecule has 0 saturated carbocycles. The third kappa shape index (κ3) is 3.41. The zero-order valence-corrected chi connectivity index (χ0v) is 14.8. The lowest BCUT2D eigenvalue weighted by atomic mass is 10.2. The smallest absolute Gasteiger partial charge is 0.261 e. The first-order valence-electron chi connectivity index (χ1n) is 8.40. The average Bonchev–Trinajstić information content (AvgIpc) is 3.22. The number of hydrogen-bond acceptors (Lipinski definition) is 4. The number of hydrogen-bond donors (Lipinski definition) is 1. The molecule has 3 heterocycles. The van der Waals surface area contributed by atoms with Crippen LogP contribution in [0.1, 0.15) is 27.3 Å². The first-order chi connectivity index (χ1) is 13.0. The molecule has 3 aromatic heterocycles. The summed E-state index contributed by atoms with van der Waals surface area (Å²) in [6, 6.07) is 8.22. The van der Waals surface area contributed by atoms with E-state index < -0.39 is 0 Å². The van der Waals surface area contributed by atoms with E-state index in [1.54, 1.807) is 27.7 Å². The van der Waals surface area contributed by atoms with Gasteiger partial charge in [-0.3, -0.25) is 9.48 Å². The molecule has 0 spiro atoms. The number of anilines is 1. The SMILES string of the molecule is Cc1cc(C)n2ncc(C(=O)Nc3cnn(Cc4cccc(F)c4)c3)c2n1. The van der Waals surface area contributed by atoms with Crippen molar-refractivity contribution in [1.82, 2.24) is 24.4 Å². The Morgan fingerprint density at radius 3 is 2.85 bits per heavy atom. The molecule has 0 atom stereocenters. The molecule has 0 fully saturated rings. The van der Waals surface area contributed by atoms with Crippen molar-refractivity contribution in [3.63, 3.8) is 0 Å². The van der Waals surface area contributed by atoms with Crippen LogP contribution in [0.3, 0.4) is 0 Å². The van der Waals surface area contributed by atoms with Crippen molar-refractivity contribution in [1.29, 1.82) is 0 Å². The van der Waals surface area contributed by atoms with E-state index in [0.717, 1.165) is 17.0 Å². The summed E-state index contributed by atoms with van der Waals surface area (Å²) in [4.78, 5) is 17.0. The normalized spacial score (nSPS) is 11.1. The topological polar surface area (TPSA) is 77.1 Å². The van der Waals surface area contributed by atoms with E-state index in [-0.39, 0.29) is 11.7 Å². The van der Waals surface area contributed by atoms with E-state index in [1.165, 1.54) is 18.3 Å². The Kier molecular flexibility index (Phi) is 4.15. The highest BCUT2D eigenvalue weighted by Gasteiger charge is 2.16. The molecule has 0 radical (unpaired) electrons. The monoisotopic (exact) mass is 364 g/mol. The molecule has 8 heteroatoms. The van der Waals surface area contributed by atoms with Gasteiger partial charge in [-0.2, -0.15) is 10.2 Å². The van der Waals surface area contributed by atoms with E-state index >= 15 is 0 Å². The molecule has 1 N–H and O–H groups in total. The molecule has 0 aliphatic heterocycles. The van der Waals surface area contributed by atoms with E-state index in [0.29, 0.717) is 23.4 Å². The maximum absolute atomic E-state index is 13.3. The van der Waals surface area contributed by atoms with Gasteiger partial charge in [-0.1, -0.05) is 12.1 Å². The summed E-state index contributed by atoms with van der Waals surface area (Å²) < 4.78 is 16.6. The lowest BCUT2D eigenvalue weighted by molar-refractivity contribution is 0.102. The van der Waals surface area contributed by atoms with Crippen LogP contribution in [0.25, 0.3) is 5.65 Å². The van der Waals surface area contributed by atoms with Gasteiger partial charge >= 0.3 is 0 Å². The van der Waals surface area contributed by atoms with Crippen LogP contribution in [-0.4, -0.2) is 30.3 Å². The Morgan fingerprint density at radius 1 is 1.19 bits per heavy atom. The third-order valence-corrected chi connectivity index (χ3v) is 4.15. The average molecular weight is 364 g/mol. The maximum Gasteiger partial charge on any atom is 0.261 e. The van der Waals surface area contributed by atoms with Gasteiger partial charge in [-0.25, -0.2) is 13.9 Å². The van der Waals surface area contributed by atoms with E-state index in [4.69, 9.17) is 0 Å². The predicted molar refractivity (Wildman–Crippen MR) is 98.1 cm³/mol. The molecule has 7 nitrogen and oxygen atoms in total. The quantitative estimate of drug-likeness (QED) is 0.604. The Morgan fingerprint density at radius 2 is 2.04 bits per heavy atom. The van der Waals surface area contributed by atoms with Crippen molar-refractivity contribution in [2.45, 2.75) is 20.4 Å². The zero-order chi connectivity index (χ0) is 19.0. The molecule has 1 aromatic carbocycles. The number of carbonyl (C=O) groups is 1. The molecular formula is C19H17FN6O. The first kappa shape index (κ1) is 16.9. The van der Waals surface area contributed by atoms with Gasteiger partial charge in [0.05, 0.1) is 24.6 Å². The number of aromatic nitrogens is 5. The van der Waals surface area contributed by atoms with Crippen molar-refractivity contribution in [3.05, 3.63) is 77.3 Å². The van der Waals surface area contributed by atoms with Crippen LogP contribution in [0.15, 0.2) is 48.9 Å². The van der Waals surface area contributed by atoms with Crippen molar-refractivity contribution in [2.75, 3.05) is 5.32 Å². The van der Waals surface area contributed by atoms with E-state index in [2.05, 4.69) is 20.5 Å². The standard InChI is InChI=1S/C19H17FN6O/c1-12-6-13(2)26-18(23-12)17(9-22-26)19(27)24-16-8-21-25(11-16)10-14-4-3-5-15(20)7-14/h3-9,11H,10H2,1-2H3,(H,24,27). The molecule has 1 amide bonds. The maximum atomic E-state index is 13.3. The fourth-order valence-corrected chi connectivity index (χ4v) is 2.97. The number of rotatable bonds is 4. The van der Waals surface area contributed by atoms with Gasteiger partial charge in [-0.15, -0.1) is 0 Å².